The van der Waals surface area contributed by atoms with Crippen LogP contribution in [0, 0.1) is 0 Å². The number of allylic oxidation sites excluding steroid dienone is 8. The maximum absolute atomic E-state index is 2.41. The van der Waals surface area contributed by atoms with E-state index in [1.54, 1.807) is 0 Å². The normalized spacial score (nSPS) is 17.8. The highest BCUT2D eigenvalue weighted by Crippen LogP contribution is 2.40. The van der Waals surface area contributed by atoms with Gasteiger partial charge in [-0.3, -0.25) is 0 Å². The summed E-state index contributed by atoms with van der Waals surface area (Å²) in [6.07, 6.45) is 10.2. The van der Waals surface area contributed by atoms with Gasteiger partial charge < -0.3 is 0 Å². The average Bonchev–Trinajstić information content (AvgIpc) is 2.84. The molecular formula is C24H30. The van der Waals surface area contributed by atoms with E-state index in [1.807, 2.05) is 0 Å². The second-order valence-corrected chi connectivity index (χ2v) is 9.29. The zero-order valence-corrected chi connectivity index (χ0v) is 16.2. The maximum Gasteiger partial charge on any atom is -0.00820 e. The van der Waals surface area contributed by atoms with Gasteiger partial charge in [-0.1, -0.05) is 84.0 Å². The first-order valence-electron chi connectivity index (χ1n) is 9.02. The Balaban J connectivity index is 2.22. The molecule has 0 aliphatic heterocycles. The Morgan fingerprint density at radius 2 is 1.38 bits per heavy atom. The molecule has 1 aromatic carbocycles. The molecule has 24 heavy (non-hydrogen) atoms. The Hall–Kier alpha value is -1.82. The van der Waals surface area contributed by atoms with Crippen LogP contribution >= 0.6 is 0 Å². The Kier molecular flexibility index (Phi) is 3.98. The molecule has 0 radical (unpaired) electrons. The van der Waals surface area contributed by atoms with Gasteiger partial charge in [0.05, 0.1) is 0 Å². The number of hydrogen-bond acceptors (Lipinski definition) is 0. The summed E-state index contributed by atoms with van der Waals surface area (Å²) in [5.74, 6) is 0. The molecule has 0 saturated heterocycles. The minimum atomic E-state index is 0.159. The van der Waals surface area contributed by atoms with Gasteiger partial charge in [-0.05, 0) is 63.2 Å². The summed E-state index contributed by atoms with van der Waals surface area (Å²) < 4.78 is 0. The van der Waals surface area contributed by atoms with E-state index in [1.165, 1.54) is 39.0 Å². The van der Waals surface area contributed by atoms with E-state index in [9.17, 15) is 0 Å². The maximum atomic E-state index is 2.41. The lowest BCUT2D eigenvalue weighted by Gasteiger charge is -2.27. The first-order valence-corrected chi connectivity index (χ1v) is 9.02. The fourth-order valence-corrected chi connectivity index (χ4v) is 3.43. The van der Waals surface area contributed by atoms with Crippen molar-refractivity contribution in [2.24, 2.45) is 0 Å². The first-order chi connectivity index (χ1) is 11.1. The molecule has 0 bridgehead atoms. The van der Waals surface area contributed by atoms with E-state index in [0.29, 0.717) is 0 Å². The van der Waals surface area contributed by atoms with Crippen LogP contribution in [0.1, 0.15) is 71.6 Å². The first kappa shape index (κ1) is 17.0. The molecule has 2 aliphatic carbocycles. The van der Waals surface area contributed by atoms with E-state index in [0.717, 1.165) is 6.42 Å². The third-order valence-corrected chi connectivity index (χ3v) is 5.02. The fraction of sp³-hybridized carbons (Fsp3) is 0.417. The van der Waals surface area contributed by atoms with Gasteiger partial charge in [-0.25, -0.2) is 0 Å². The smallest absolute Gasteiger partial charge is 0.00820 e. The van der Waals surface area contributed by atoms with Crippen LogP contribution in [0.2, 0.25) is 0 Å². The Bertz CT molecular complexity index is 761. The molecule has 0 aromatic heterocycles. The van der Waals surface area contributed by atoms with Gasteiger partial charge in [0.1, 0.15) is 0 Å². The van der Waals surface area contributed by atoms with E-state index in [4.69, 9.17) is 0 Å². The molecule has 0 fully saturated rings. The monoisotopic (exact) mass is 318 g/mol. The number of rotatable bonds is 1. The lowest BCUT2D eigenvalue weighted by atomic mass is 9.77. The van der Waals surface area contributed by atoms with Crippen molar-refractivity contribution in [1.29, 1.82) is 0 Å². The molecule has 0 atom stereocenters. The molecule has 0 saturated carbocycles. The Labute approximate surface area is 147 Å². The van der Waals surface area contributed by atoms with E-state index in [2.05, 4.69) is 91.0 Å². The van der Waals surface area contributed by atoms with Crippen LogP contribution in [0.3, 0.4) is 0 Å². The number of fused-ring (bicyclic) bond motifs is 1. The summed E-state index contributed by atoms with van der Waals surface area (Å²) in [6.45, 7) is 16.0. The van der Waals surface area contributed by atoms with Crippen molar-refractivity contribution in [2.45, 2.75) is 65.7 Å². The van der Waals surface area contributed by atoms with Crippen LogP contribution in [-0.4, -0.2) is 0 Å². The lowest BCUT2D eigenvalue weighted by molar-refractivity contribution is 0.568. The SMILES string of the molecule is CC1=CC2=C(c3cc(C(C)(C)C)cc(C(C)(C)C)c3)CC=CC2=C1. The average molecular weight is 319 g/mol. The molecular weight excluding hydrogens is 288 g/mol. The van der Waals surface area contributed by atoms with Crippen molar-refractivity contribution in [3.8, 4) is 0 Å². The standard InChI is InChI=1S/C24H30/c1-16-11-17-9-8-10-21(22(17)12-16)18-13-19(23(2,3)4)15-20(14-18)24(5,6)7/h8-9,11-15H,10H2,1-7H3. The van der Waals surface area contributed by atoms with Crippen molar-refractivity contribution < 1.29 is 0 Å². The summed E-state index contributed by atoms with van der Waals surface area (Å²) in [7, 11) is 0. The van der Waals surface area contributed by atoms with Crippen molar-refractivity contribution >= 4 is 5.57 Å². The predicted octanol–water partition coefficient (Wildman–Crippen LogP) is 6.88. The van der Waals surface area contributed by atoms with E-state index in [-0.39, 0.29) is 10.8 Å². The number of benzene rings is 1. The second-order valence-electron chi connectivity index (χ2n) is 9.29. The minimum Gasteiger partial charge on any atom is -0.0795 e. The van der Waals surface area contributed by atoms with Crippen LogP contribution in [-0.2, 0) is 10.8 Å². The molecule has 0 spiro atoms. The summed E-state index contributed by atoms with van der Waals surface area (Å²) >= 11 is 0. The van der Waals surface area contributed by atoms with Crippen molar-refractivity contribution in [3.05, 3.63) is 75.9 Å². The molecule has 0 heteroatoms. The molecule has 0 unspecified atom stereocenters. The second kappa shape index (κ2) is 5.62. The predicted molar refractivity (Wildman–Crippen MR) is 106 cm³/mol. The topological polar surface area (TPSA) is 0 Å². The minimum absolute atomic E-state index is 0.159. The van der Waals surface area contributed by atoms with Gasteiger partial charge in [-0.15, -0.1) is 0 Å². The van der Waals surface area contributed by atoms with E-state index < -0.39 is 0 Å². The Morgan fingerprint density at radius 1 is 0.792 bits per heavy atom. The third kappa shape index (κ3) is 3.20. The van der Waals surface area contributed by atoms with Gasteiger partial charge in [0.2, 0.25) is 0 Å². The van der Waals surface area contributed by atoms with Gasteiger partial charge in [0.25, 0.3) is 0 Å². The van der Waals surface area contributed by atoms with E-state index >= 15 is 0 Å². The van der Waals surface area contributed by atoms with Crippen molar-refractivity contribution in [2.75, 3.05) is 0 Å². The van der Waals surface area contributed by atoms with Gasteiger partial charge >= 0.3 is 0 Å². The molecule has 0 amide bonds. The zero-order valence-electron chi connectivity index (χ0n) is 16.2. The fourth-order valence-electron chi connectivity index (χ4n) is 3.43. The highest BCUT2D eigenvalue weighted by Gasteiger charge is 2.23. The van der Waals surface area contributed by atoms with Crippen LogP contribution in [0.4, 0.5) is 0 Å². The molecule has 0 heterocycles. The molecule has 2 aliphatic rings. The quantitative estimate of drug-likeness (QED) is 0.529. The largest absolute Gasteiger partial charge is 0.0795 e. The summed E-state index contributed by atoms with van der Waals surface area (Å²) in [5.41, 5.74) is 10.2. The van der Waals surface area contributed by atoms with Crippen molar-refractivity contribution in [1.82, 2.24) is 0 Å². The molecule has 126 valence electrons. The molecule has 0 nitrogen and oxygen atoms in total. The van der Waals surface area contributed by atoms with Crippen molar-refractivity contribution in [3.63, 3.8) is 0 Å². The van der Waals surface area contributed by atoms with Gasteiger partial charge in [0, 0.05) is 0 Å². The highest BCUT2D eigenvalue weighted by molar-refractivity contribution is 5.82. The molecule has 1 aromatic rings. The number of hydrogen-bond donors (Lipinski definition) is 0. The molecule has 3 rings (SSSR count). The summed E-state index contributed by atoms with van der Waals surface area (Å²) in [6, 6.07) is 7.23. The third-order valence-electron chi connectivity index (χ3n) is 5.02. The lowest BCUT2D eigenvalue weighted by Crippen LogP contribution is -2.17. The zero-order chi connectivity index (χ0) is 17.7. The van der Waals surface area contributed by atoms with Crippen LogP contribution in [0.25, 0.3) is 5.57 Å². The van der Waals surface area contributed by atoms with Crippen LogP contribution in [0.5, 0.6) is 0 Å². The Morgan fingerprint density at radius 3 is 1.92 bits per heavy atom. The van der Waals surface area contributed by atoms with Gasteiger partial charge in [-0.2, -0.15) is 0 Å². The van der Waals surface area contributed by atoms with Crippen LogP contribution < -0.4 is 0 Å². The summed E-state index contributed by atoms with van der Waals surface area (Å²) in [4.78, 5) is 0. The van der Waals surface area contributed by atoms with Gasteiger partial charge in [0.15, 0.2) is 0 Å². The molecule has 0 N–H and O–H groups in total. The highest BCUT2D eigenvalue weighted by atomic mass is 14.3. The summed E-state index contributed by atoms with van der Waals surface area (Å²) in [5, 5.41) is 0. The van der Waals surface area contributed by atoms with Crippen LogP contribution in [0.15, 0.2) is 59.2 Å².